The van der Waals surface area contributed by atoms with Gasteiger partial charge in [-0.15, -0.1) is 0 Å². The van der Waals surface area contributed by atoms with Crippen LogP contribution in [0.1, 0.15) is 122 Å². The first kappa shape index (κ1) is 25.0. The Morgan fingerprint density at radius 2 is 1.04 bits per heavy atom. The summed E-state index contributed by atoms with van der Waals surface area (Å²) < 4.78 is 4.49. The van der Waals surface area contributed by atoms with Crippen LogP contribution < -0.4 is 0 Å². The lowest BCUT2D eigenvalue weighted by Crippen LogP contribution is -2.01. The molecule has 0 rings (SSSR count). The van der Waals surface area contributed by atoms with Crippen LogP contribution in [-0.2, 0) is 4.74 Å². The molecule has 0 saturated carbocycles. The smallest absolute Gasteiger partial charge is 0.450 e. The van der Waals surface area contributed by atoms with Crippen LogP contribution in [0.2, 0.25) is 0 Å². The zero-order valence-corrected chi connectivity index (χ0v) is 17.4. The van der Waals surface area contributed by atoms with Crippen molar-refractivity contribution in [3.05, 3.63) is 12.2 Å². The molecule has 0 amide bonds. The quantitative estimate of drug-likeness (QED) is 0.134. The number of carbonyl (C=O) groups is 1. The molecule has 0 aliphatic rings. The molecule has 0 fully saturated rings. The summed E-state index contributed by atoms with van der Waals surface area (Å²) in [6.45, 7) is 2.62. The number of hydrogen-bond donors (Lipinski definition) is 1. The maximum Gasteiger partial charge on any atom is 0.505 e. The molecule has 0 aliphatic carbocycles. The summed E-state index contributed by atoms with van der Waals surface area (Å²) in [4.78, 5) is 10.2. The molecule has 0 radical (unpaired) electrons. The number of allylic oxidation sites excluding steroid dienone is 2. The Labute approximate surface area is 162 Å². The van der Waals surface area contributed by atoms with E-state index in [2.05, 4.69) is 23.8 Å². The van der Waals surface area contributed by atoms with Gasteiger partial charge in [-0.25, -0.2) is 4.79 Å². The lowest BCUT2D eigenvalue weighted by molar-refractivity contribution is 0.0899. The van der Waals surface area contributed by atoms with E-state index in [9.17, 15) is 4.79 Å². The van der Waals surface area contributed by atoms with Crippen LogP contribution in [0.25, 0.3) is 0 Å². The largest absolute Gasteiger partial charge is 0.505 e. The molecule has 26 heavy (non-hydrogen) atoms. The summed E-state index contributed by atoms with van der Waals surface area (Å²) in [6.07, 6.45) is 27.0. The van der Waals surface area contributed by atoms with E-state index in [-0.39, 0.29) is 0 Å². The fourth-order valence-electron chi connectivity index (χ4n) is 3.22. The topological polar surface area (TPSA) is 46.5 Å². The van der Waals surface area contributed by atoms with Gasteiger partial charge in [0.05, 0.1) is 6.61 Å². The second-order valence-electron chi connectivity index (χ2n) is 7.47. The summed E-state index contributed by atoms with van der Waals surface area (Å²) in [6, 6.07) is 0. The molecular formula is C23H44O3. The predicted octanol–water partition coefficient (Wildman–Crippen LogP) is 8.28. The average Bonchev–Trinajstić information content (AvgIpc) is 2.62. The van der Waals surface area contributed by atoms with Crippen molar-refractivity contribution in [2.45, 2.75) is 122 Å². The molecule has 0 atom stereocenters. The van der Waals surface area contributed by atoms with Gasteiger partial charge in [0, 0.05) is 0 Å². The molecule has 3 nitrogen and oxygen atoms in total. The van der Waals surface area contributed by atoms with E-state index in [1.807, 2.05) is 0 Å². The van der Waals surface area contributed by atoms with Gasteiger partial charge in [-0.2, -0.15) is 0 Å². The van der Waals surface area contributed by atoms with Gasteiger partial charge >= 0.3 is 6.16 Å². The summed E-state index contributed by atoms with van der Waals surface area (Å²) in [5.41, 5.74) is 0. The number of carboxylic acid groups (broad SMARTS) is 1. The number of rotatable bonds is 20. The van der Waals surface area contributed by atoms with E-state index >= 15 is 0 Å². The van der Waals surface area contributed by atoms with E-state index in [1.54, 1.807) is 0 Å². The molecule has 0 aliphatic heterocycles. The maximum absolute atomic E-state index is 10.2. The molecule has 0 aromatic heterocycles. The third-order valence-electron chi connectivity index (χ3n) is 4.88. The summed E-state index contributed by atoms with van der Waals surface area (Å²) in [5.74, 6) is 0. The number of unbranched alkanes of at least 4 members (excludes halogenated alkanes) is 16. The SMILES string of the molecule is CCCCCCCCC=CCCCCCCCCCCCCOC(=O)O. The number of ether oxygens (including phenoxy) is 1. The third-order valence-corrected chi connectivity index (χ3v) is 4.88. The van der Waals surface area contributed by atoms with E-state index in [4.69, 9.17) is 5.11 Å². The second kappa shape index (κ2) is 22.1. The lowest BCUT2D eigenvalue weighted by Gasteiger charge is -2.02. The van der Waals surface area contributed by atoms with Crippen molar-refractivity contribution in [3.63, 3.8) is 0 Å². The third kappa shape index (κ3) is 23.0. The average molecular weight is 369 g/mol. The van der Waals surface area contributed by atoms with Crippen LogP contribution in [0.4, 0.5) is 4.79 Å². The zero-order valence-electron chi connectivity index (χ0n) is 17.4. The minimum atomic E-state index is -1.15. The highest BCUT2D eigenvalue weighted by Crippen LogP contribution is 2.12. The minimum absolute atomic E-state index is 0.350. The monoisotopic (exact) mass is 368 g/mol. The molecule has 0 saturated heterocycles. The van der Waals surface area contributed by atoms with Gasteiger partial charge in [-0.1, -0.05) is 103 Å². The normalized spacial score (nSPS) is 11.3. The Bertz CT molecular complexity index is 313. The van der Waals surface area contributed by atoms with E-state index < -0.39 is 6.16 Å². The molecule has 0 spiro atoms. The molecule has 0 aromatic carbocycles. The highest BCUT2D eigenvalue weighted by molar-refractivity contribution is 5.56. The Morgan fingerprint density at radius 3 is 1.46 bits per heavy atom. The van der Waals surface area contributed by atoms with E-state index in [0.717, 1.165) is 12.8 Å². The Morgan fingerprint density at radius 1 is 0.654 bits per heavy atom. The molecular weight excluding hydrogens is 324 g/mol. The fraction of sp³-hybridized carbons (Fsp3) is 0.870. The van der Waals surface area contributed by atoms with Crippen molar-refractivity contribution < 1.29 is 14.6 Å². The van der Waals surface area contributed by atoms with E-state index in [1.165, 1.54) is 103 Å². The number of hydrogen-bond acceptors (Lipinski definition) is 2. The van der Waals surface area contributed by atoms with Gasteiger partial charge in [0.2, 0.25) is 0 Å². The standard InChI is InChI=1S/C23H44O3/c1-2-3-4-5-6-7-8-9-10-11-12-13-14-15-16-17-18-19-20-21-22-26-23(24)25/h9-10H,2-8,11-22H2,1H3,(H,24,25). The van der Waals surface area contributed by atoms with Gasteiger partial charge in [0.15, 0.2) is 0 Å². The van der Waals surface area contributed by atoms with Gasteiger partial charge in [0.25, 0.3) is 0 Å². The van der Waals surface area contributed by atoms with Gasteiger partial charge < -0.3 is 9.84 Å². The maximum atomic E-state index is 10.2. The molecule has 154 valence electrons. The van der Waals surface area contributed by atoms with Gasteiger partial charge in [0.1, 0.15) is 0 Å². The highest BCUT2D eigenvalue weighted by atomic mass is 16.7. The van der Waals surface area contributed by atoms with Gasteiger partial charge in [-0.05, 0) is 32.1 Å². The summed E-state index contributed by atoms with van der Waals surface area (Å²) >= 11 is 0. The summed E-state index contributed by atoms with van der Waals surface area (Å²) in [7, 11) is 0. The molecule has 0 aromatic rings. The van der Waals surface area contributed by atoms with Crippen LogP contribution in [0.3, 0.4) is 0 Å². The Balaban J connectivity index is 3.06. The summed E-state index contributed by atoms with van der Waals surface area (Å²) in [5, 5.41) is 8.35. The highest BCUT2D eigenvalue weighted by Gasteiger charge is 1.96. The lowest BCUT2D eigenvalue weighted by atomic mass is 10.1. The van der Waals surface area contributed by atoms with Crippen molar-refractivity contribution in [2.75, 3.05) is 6.61 Å². The van der Waals surface area contributed by atoms with Gasteiger partial charge in [-0.3, -0.25) is 0 Å². The first-order valence-electron chi connectivity index (χ1n) is 11.3. The van der Waals surface area contributed by atoms with Crippen molar-refractivity contribution >= 4 is 6.16 Å². The van der Waals surface area contributed by atoms with Crippen molar-refractivity contribution in [1.29, 1.82) is 0 Å². The fourth-order valence-corrected chi connectivity index (χ4v) is 3.22. The Kier molecular flexibility index (Phi) is 21.2. The molecule has 0 bridgehead atoms. The minimum Gasteiger partial charge on any atom is -0.450 e. The Hall–Kier alpha value is -0.990. The van der Waals surface area contributed by atoms with Crippen molar-refractivity contribution in [3.8, 4) is 0 Å². The van der Waals surface area contributed by atoms with Crippen LogP contribution in [0.15, 0.2) is 12.2 Å². The van der Waals surface area contributed by atoms with Crippen LogP contribution in [0, 0.1) is 0 Å². The predicted molar refractivity (Wildman–Crippen MR) is 112 cm³/mol. The first-order valence-corrected chi connectivity index (χ1v) is 11.3. The van der Waals surface area contributed by atoms with Crippen molar-refractivity contribution in [2.24, 2.45) is 0 Å². The van der Waals surface area contributed by atoms with Crippen molar-refractivity contribution in [1.82, 2.24) is 0 Å². The molecule has 1 N–H and O–H groups in total. The van der Waals surface area contributed by atoms with E-state index in [0.29, 0.717) is 6.61 Å². The zero-order chi connectivity index (χ0) is 19.1. The molecule has 0 heterocycles. The molecule has 0 unspecified atom stereocenters. The first-order chi connectivity index (χ1) is 12.8. The van der Waals surface area contributed by atoms with Crippen LogP contribution in [-0.4, -0.2) is 17.9 Å². The molecule has 3 heteroatoms. The second-order valence-corrected chi connectivity index (χ2v) is 7.47. The van der Waals surface area contributed by atoms with Crippen LogP contribution in [0.5, 0.6) is 0 Å². The van der Waals surface area contributed by atoms with Crippen LogP contribution >= 0.6 is 0 Å².